The van der Waals surface area contributed by atoms with Crippen molar-refractivity contribution in [2.75, 3.05) is 19.6 Å². The molecule has 1 heterocycles. The van der Waals surface area contributed by atoms with Crippen molar-refractivity contribution in [3.05, 3.63) is 0 Å². The molecular formula is C9H15F3N2O2. The molecule has 0 aliphatic carbocycles. The summed E-state index contributed by atoms with van der Waals surface area (Å²) >= 11 is 0. The van der Waals surface area contributed by atoms with Crippen LogP contribution in [0, 0.1) is 0 Å². The number of rotatable bonds is 1. The zero-order valence-electron chi connectivity index (χ0n) is 9.17. The fourth-order valence-corrected chi connectivity index (χ4v) is 1.63. The monoisotopic (exact) mass is 240 g/mol. The van der Waals surface area contributed by atoms with Gasteiger partial charge in [-0.2, -0.15) is 13.2 Å². The lowest BCUT2D eigenvalue weighted by molar-refractivity contribution is -0.123. The zero-order chi connectivity index (χ0) is 12.3. The molecule has 0 aromatic carbocycles. The van der Waals surface area contributed by atoms with Crippen molar-refractivity contribution in [3.8, 4) is 0 Å². The van der Waals surface area contributed by atoms with Crippen molar-refractivity contribution in [2.24, 2.45) is 0 Å². The van der Waals surface area contributed by atoms with E-state index in [-0.39, 0.29) is 12.2 Å². The average Bonchev–Trinajstić information content (AvgIpc) is 2.11. The first-order valence-electron chi connectivity index (χ1n) is 5.03. The Bertz CT molecular complexity index is 248. The van der Waals surface area contributed by atoms with E-state index in [2.05, 4.69) is 0 Å². The first kappa shape index (κ1) is 13.1. The molecule has 16 heavy (non-hydrogen) atoms. The minimum absolute atomic E-state index is 0.152. The Labute approximate surface area is 91.7 Å². The molecule has 1 aliphatic heterocycles. The molecule has 2 amide bonds. The van der Waals surface area contributed by atoms with E-state index in [1.165, 1.54) is 4.90 Å². The van der Waals surface area contributed by atoms with Crippen LogP contribution in [0.4, 0.5) is 18.0 Å². The van der Waals surface area contributed by atoms with E-state index in [0.717, 1.165) is 0 Å². The molecule has 0 aromatic heterocycles. The van der Waals surface area contributed by atoms with Gasteiger partial charge in [-0.05, 0) is 13.8 Å². The second-order valence-corrected chi connectivity index (χ2v) is 3.94. The number of nitrogens with one attached hydrogen (secondary N) is 1. The summed E-state index contributed by atoms with van der Waals surface area (Å²) in [7, 11) is 0. The van der Waals surface area contributed by atoms with Crippen molar-refractivity contribution in [1.82, 2.24) is 10.2 Å². The van der Waals surface area contributed by atoms with Gasteiger partial charge in [-0.15, -0.1) is 0 Å². The molecule has 0 radical (unpaired) electrons. The highest BCUT2D eigenvalue weighted by molar-refractivity contribution is 5.74. The largest absolute Gasteiger partial charge is 0.405 e. The maximum atomic E-state index is 11.9. The number of hydrogen-bond acceptors (Lipinski definition) is 2. The maximum Gasteiger partial charge on any atom is 0.405 e. The third-order valence-corrected chi connectivity index (χ3v) is 2.15. The number of halogens is 3. The van der Waals surface area contributed by atoms with E-state index in [4.69, 9.17) is 4.74 Å². The third-order valence-electron chi connectivity index (χ3n) is 2.15. The summed E-state index contributed by atoms with van der Waals surface area (Å²) < 4.78 is 41.0. The van der Waals surface area contributed by atoms with Crippen LogP contribution < -0.4 is 5.32 Å². The van der Waals surface area contributed by atoms with Crippen LogP contribution in [-0.2, 0) is 4.74 Å². The van der Waals surface area contributed by atoms with Crippen LogP contribution in [0.25, 0.3) is 0 Å². The van der Waals surface area contributed by atoms with Crippen molar-refractivity contribution in [1.29, 1.82) is 0 Å². The van der Waals surface area contributed by atoms with Gasteiger partial charge in [0.2, 0.25) is 0 Å². The van der Waals surface area contributed by atoms with Crippen molar-refractivity contribution in [3.63, 3.8) is 0 Å². The molecule has 94 valence electrons. The molecule has 0 saturated carbocycles. The number of morpholine rings is 1. The van der Waals surface area contributed by atoms with Crippen molar-refractivity contribution in [2.45, 2.75) is 32.2 Å². The quantitative estimate of drug-likeness (QED) is 0.752. The predicted molar refractivity (Wildman–Crippen MR) is 51.0 cm³/mol. The Morgan fingerprint density at radius 2 is 1.88 bits per heavy atom. The van der Waals surface area contributed by atoms with Gasteiger partial charge in [-0.3, -0.25) is 0 Å². The summed E-state index contributed by atoms with van der Waals surface area (Å²) in [6, 6.07) is -0.695. The van der Waals surface area contributed by atoms with Crippen LogP contribution in [0.3, 0.4) is 0 Å². The lowest BCUT2D eigenvalue weighted by atomic mass is 10.2. The fraction of sp³-hybridized carbons (Fsp3) is 0.889. The van der Waals surface area contributed by atoms with Gasteiger partial charge >= 0.3 is 12.2 Å². The summed E-state index contributed by atoms with van der Waals surface area (Å²) in [5.41, 5.74) is 0. The van der Waals surface area contributed by atoms with Crippen molar-refractivity contribution >= 4 is 6.03 Å². The van der Waals surface area contributed by atoms with Crippen LogP contribution in [0.15, 0.2) is 0 Å². The number of amides is 2. The molecule has 0 aromatic rings. The molecule has 1 aliphatic rings. The second kappa shape index (κ2) is 4.90. The fourth-order valence-electron chi connectivity index (χ4n) is 1.63. The summed E-state index contributed by atoms with van der Waals surface area (Å²) in [6.45, 7) is 2.88. The van der Waals surface area contributed by atoms with Gasteiger partial charge < -0.3 is 15.0 Å². The van der Waals surface area contributed by atoms with Crippen LogP contribution in [0.1, 0.15) is 13.8 Å². The van der Waals surface area contributed by atoms with Gasteiger partial charge in [0.25, 0.3) is 0 Å². The van der Waals surface area contributed by atoms with E-state index in [1.54, 1.807) is 13.8 Å². The number of alkyl halides is 3. The van der Waals surface area contributed by atoms with Crippen molar-refractivity contribution < 1.29 is 22.7 Å². The molecule has 1 rings (SSSR count). The Hall–Kier alpha value is -0.980. The van der Waals surface area contributed by atoms with Gasteiger partial charge in [0.15, 0.2) is 0 Å². The highest BCUT2D eigenvalue weighted by Gasteiger charge is 2.31. The Morgan fingerprint density at radius 3 is 2.31 bits per heavy atom. The molecule has 0 unspecified atom stereocenters. The van der Waals surface area contributed by atoms with Gasteiger partial charge in [0, 0.05) is 13.1 Å². The topological polar surface area (TPSA) is 41.6 Å². The van der Waals surface area contributed by atoms with E-state index >= 15 is 0 Å². The van der Waals surface area contributed by atoms with Crippen LogP contribution in [0.2, 0.25) is 0 Å². The molecule has 4 nitrogen and oxygen atoms in total. The maximum absolute atomic E-state index is 11.9. The SMILES string of the molecule is C[C@@H]1CN(C(=O)NCC(F)(F)F)C[C@H](C)O1. The van der Waals surface area contributed by atoms with E-state index in [0.29, 0.717) is 13.1 Å². The highest BCUT2D eigenvalue weighted by Crippen LogP contribution is 2.14. The third kappa shape index (κ3) is 4.26. The molecule has 0 spiro atoms. The summed E-state index contributed by atoms with van der Waals surface area (Å²) in [4.78, 5) is 12.7. The average molecular weight is 240 g/mol. The number of carbonyl (C=O) groups excluding carboxylic acids is 1. The van der Waals surface area contributed by atoms with Crippen LogP contribution in [-0.4, -0.2) is 48.9 Å². The van der Waals surface area contributed by atoms with Gasteiger partial charge in [0.1, 0.15) is 6.54 Å². The molecule has 1 fully saturated rings. The molecule has 1 saturated heterocycles. The minimum atomic E-state index is -4.38. The summed E-state index contributed by atoms with van der Waals surface area (Å²) in [5.74, 6) is 0. The Balaban J connectivity index is 2.41. The molecular weight excluding hydrogens is 225 g/mol. The van der Waals surface area contributed by atoms with E-state index < -0.39 is 18.8 Å². The molecule has 2 atom stereocenters. The zero-order valence-corrected chi connectivity index (χ0v) is 9.17. The van der Waals surface area contributed by atoms with Gasteiger partial charge in [-0.25, -0.2) is 4.79 Å². The summed E-state index contributed by atoms with van der Waals surface area (Å²) in [5, 5.41) is 1.84. The number of ether oxygens (including phenoxy) is 1. The molecule has 7 heteroatoms. The Kier molecular flexibility index (Phi) is 4.01. The smallest absolute Gasteiger partial charge is 0.372 e. The predicted octanol–water partition coefficient (Wildman–Crippen LogP) is 1.37. The standard InChI is InChI=1S/C9H15F3N2O2/c1-6-3-14(4-7(2)16-6)8(15)13-5-9(10,11)12/h6-7H,3-5H2,1-2H3,(H,13,15)/t6-,7+. The number of carbonyl (C=O) groups is 1. The second-order valence-electron chi connectivity index (χ2n) is 3.94. The first-order valence-corrected chi connectivity index (χ1v) is 5.03. The number of nitrogens with zero attached hydrogens (tertiary/aromatic N) is 1. The molecule has 1 N–H and O–H groups in total. The number of hydrogen-bond donors (Lipinski definition) is 1. The van der Waals surface area contributed by atoms with Gasteiger partial charge in [0.05, 0.1) is 12.2 Å². The Morgan fingerprint density at radius 1 is 1.38 bits per heavy atom. The van der Waals surface area contributed by atoms with Crippen LogP contribution in [0.5, 0.6) is 0 Å². The summed E-state index contributed by atoms with van der Waals surface area (Å²) in [6.07, 6.45) is -4.68. The molecule has 0 bridgehead atoms. The first-order chi connectivity index (χ1) is 7.28. The lowest BCUT2D eigenvalue weighted by Crippen LogP contribution is -2.52. The van der Waals surface area contributed by atoms with Gasteiger partial charge in [-0.1, -0.05) is 0 Å². The van der Waals surface area contributed by atoms with Crippen LogP contribution >= 0.6 is 0 Å². The normalized spacial score (nSPS) is 26.7. The van der Waals surface area contributed by atoms with E-state index in [9.17, 15) is 18.0 Å². The lowest BCUT2D eigenvalue weighted by Gasteiger charge is -2.35. The highest BCUT2D eigenvalue weighted by atomic mass is 19.4. The minimum Gasteiger partial charge on any atom is -0.372 e. The van der Waals surface area contributed by atoms with E-state index in [1.807, 2.05) is 5.32 Å². The number of urea groups is 1.